The van der Waals surface area contributed by atoms with Crippen LogP contribution in [-0.2, 0) is 16.1 Å². The molecule has 1 aliphatic rings. The topological polar surface area (TPSA) is 98.7 Å². The first-order valence-corrected chi connectivity index (χ1v) is 8.13. The number of hydrogen-bond donors (Lipinski definition) is 3. The number of carboxylic acids is 1. The molecule has 1 atom stereocenters. The molecule has 0 bridgehead atoms. The number of nitrogens with zero attached hydrogens (tertiary/aromatic N) is 1. The predicted molar refractivity (Wildman–Crippen MR) is 88.7 cm³/mol. The van der Waals surface area contributed by atoms with Gasteiger partial charge in [-0.15, -0.1) is 0 Å². The van der Waals surface area contributed by atoms with Crippen LogP contribution >= 0.6 is 11.6 Å². The minimum atomic E-state index is -1.00. The number of likely N-dealkylation sites (tertiary alicyclic amines) is 1. The molecule has 7 nitrogen and oxygen atoms in total. The standard InChI is InChI=1S/C16H20ClN3O4/c17-12-6-4-11(5-7-12)9-18-16(24)19-10-14(21)20-8-2-1-3-13(20)15(22)23/h4-7,13H,1-3,8-10H2,(H,22,23)(H2,18,19,24)/t13-/m1/s1. The van der Waals surface area contributed by atoms with Gasteiger partial charge >= 0.3 is 12.0 Å². The Labute approximate surface area is 145 Å². The van der Waals surface area contributed by atoms with Gasteiger partial charge in [-0.2, -0.15) is 0 Å². The summed E-state index contributed by atoms with van der Waals surface area (Å²) < 4.78 is 0. The Kier molecular flexibility index (Phi) is 6.43. The van der Waals surface area contributed by atoms with Gasteiger partial charge in [0, 0.05) is 18.1 Å². The molecule has 1 heterocycles. The van der Waals surface area contributed by atoms with E-state index >= 15 is 0 Å². The van der Waals surface area contributed by atoms with Gasteiger partial charge in [0.05, 0.1) is 6.54 Å². The number of amides is 3. The van der Waals surface area contributed by atoms with E-state index in [1.165, 1.54) is 4.90 Å². The molecule has 0 radical (unpaired) electrons. The average molecular weight is 354 g/mol. The van der Waals surface area contributed by atoms with Crippen molar-refractivity contribution in [1.29, 1.82) is 0 Å². The zero-order valence-corrected chi connectivity index (χ0v) is 13.9. The summed E-state index contributed by atoms with van der Waals surface area (Å²) >= 11 is 5.78. The Bertz CT molecular complexity index is 606. The van der Waals surface area contributed by atoms with Crippen molar-refractivity contribution >= 4 is 29.5 Å². The summed E-state index contributed by atoms with van der Waals surface area (Å²) in [6, 6.07) is 5.75. The van der Waals surface area contributed by atoms with Gasteiger partial charge in [-0.3, -0.25) is 4.79 Å². The van der Waals surface area contributed by atoms with Crippen molar-refractivity contribution in [2.45, 2.75) is 31.8 Å². The van der Waals surface area contributed by atoms with Gasteiger partial charge in [0.25, 0.3) is 0 Å². The molecule has 130 valence electrons. The highest BCUT2D eigenvalue weighted by atomic mass is 35.5. The summed E-state index contributed by atoms with van der Waals surface area (Å²) in [7, 11) is 0. The summed E-state index contributed by atoms with van der Waals surface area (Å²) in [6.07, 6.45) is 2.01. The number of urea groups is 1. The van der Waals surface area contributed by atoms with Crippen LogP contribution in [0, 0.1) is 0 Å². The number of aliphatic carboxylic acids is 1. The first-order chi connectivity index (χ1) is 11.5. The Morgan fingerprint density at radius 1 is 1.17 bits per heavy atom. The van der Waals surface area contributed by atoms with Gasteiger partial charge in [-0.1, -0.05) is 23.7 Å². The van der Waals surface area contributed by atoms with E-state index in [2.05, 4.69) is 10.6 Å². The minimum absolute atomic E-state index is 0.226. The maximum atomic E-state index is 12.1. The third kappa shape index (κ3) is 5.13. The van der Waals surface area contributed by atoms with E-state index < -0.39 is 18.0 Å². The van der Waals surface area contributed by atoms with Crippen molar-refractivity contribution in [2.24, 2.45) is 0 Å². The molecule has 3 amide bonds. The highest BCUT2D eigenvalue weighted by Gasteiger charge is 2.31. The Hall–Kier alpha value is -2.28. The molecular weight excluding hydrogens is 334 g/mol. The summed E-state index contributed by atoms with van der Waals surface area (Å²) in [5.41, 5.74) is 0.878. The molecule has 1 saturated heterocycles. The summed E-state index contributed by atoms with van der Waals surface area (Å²) in [5.74, 6) is -1.39. The molecular formula is C16H20ClN3O4. The molecule has 0 aromatic heterocycles. The van der Waals surface area contributed by atoms with E-state index in [0.717, 1.165) is 18.4 Å². The van der Waals surface area contributed by atoms with Crippen molar-refractivity contribution in [3.05, 3.63) is 34.9 Å². The van der Waals surface area contributed by atoms with Gasteiger partial charge in [-0.25, -0.2) is 9.59 Å². The molecule has 0 unspecified atom stereocenters. The molecule has 0 spiro atoms. The molecule has 1 aromatic carbocycles. The third-order valence-corrected chi connectivity index (χ3v) is 4.13. The molecule has 0 saturated carbocycles. The van der Waals surface area contributed by atoms with Crippen molar-refractivity contribution in [3.63, 3.8) is 0 Å². The first kappa shape index (κ1) is 18.1. The van der Waals surface area contributed by atoms with E-state index in [-0.39, 0.29) is 12.5 Å². The quantitative estimate of drug-likeness (QED) is 0.748. The molecule has 1 aromatic rings. The van der Waals surface area contributed by atoms with Crippen molar-refractivity contribution in [2.75, 3.05) is 13.1 Å². The highest BCUT2D eigenvalue weighted by Crippen LogP contribution is 2.17. The van der Waals surface area contributed by atoms with Crippen molar-refractivity contribution < 1.29 is 19.5 Å². The second-order valence-electron chi connectivity index (χ2n) is 5.60. The average Bonchev–Trinajstić information content (AvgIpc) is 2.59. The SMILES string of the molecule is O=C(NCC(=O)N1CCCC[C@@H]1C(=O)O)NCc1ccc(Cl)cc1. The predicted octanol–water partition coefficient (Wildman–Crippen LogP) is 1.60. The maximum absolute atomic E-state index is 12.1. The number of benzene rings is 1. The number of carboxylic acid groups (broad SMARTS) is 1. The summed E-state index contributed by atoms with van der Waals surface area (Å²) in [5, 5.41) is 14.9. The lowest BCUT2D eigenvalue weighted by Crippen LogP contribution is -2.51. The Balaban J connectivity index is 1.77. The smallest absolute Gasteiger partial charge is 0.326 e. The molecule has 1 aliphatic heterocycles. The van der Waals surface area contributed by atoms with Crippen LogP contribution in [0.3, 0.4) is 0 Å². The molecule has 8 heteroatoms. The van der Waals surface area contributed by atoms with Crippen LogP contribution in [0.1, 0.15) is 24.8 Å². The van der Waals surface area contributed by atoms with Crippen LogP contribution in [0.15, 0.2) is 24.3 Å². The van der Waals surface area contributed by atoms with Crippen LogP contribution in [0.25, 0.3) is 0 Å². The Morgan fingerprint density at radius 2 is 1.88 bits per heavy atom. The zero-order valence-electron chi connectivity index (χ0n) is 13.1. The molecule has 24 heavy (non-hydrogen) atoms. The summed E-state index contributed by atoms with van der Waals surface area (Å²) in [6.45, 7) is 0.485. The highest BCUT2D eigenvalue weighted by molar-refractivity contribution is 6.30. The van der Waals surface area contributed by atoms with Crippen LogP contribution < -0.4 is 10.6 Å². The minimum Gasteiger partial charge on any atom is -0.480 e. The largest absolute Gasteiger partial charge is 0.480 e. The van der Waals surface area contributed by atoms with E-state index in [1.54, 1.807) is 24.3 Å². The Morgan fingerprint density at radius 3 is 2.54 bits per heavy atom. The van der Waals surface area contributed by atoms with Crippen LogP contribution in [0.2, 0.25) is 5.02 Å². The van der Waals surface area contributed by atoms with E-state index in [9.17, 15) is 14.4 Å². The van der Waals surface area contributed by atoms with E-state index in [0.29, 0.717) is 24.5 Å². The van der Waals surface area contributed by atoms with Crippen molar-refractivity contribution in [3.8, 4) is 0 Å². The number of piperidine rings is 1. The number of halogens is 1. The van der Waals surface area contributed by atoms with Gasteiger partial charge in [0.2, 0.25) is 5.91 Å². The second kappa shape index (κ2) is 8.54. The number of hydrogen-bond acceptors (Lipinski definition) is 3. The van der Waals surface area contributed by atoms with Crippen molar-refractivity contribution in [1.82, 2.24) is 15.5 Å². The number of nitrogens with one attached hydrogen (secondary N) is 2. The lowest BCUT2D eigenvalue weighted by Gasteiger charge is -2.33. The number of carbonyl (C=O) groups is 3. The summed E-state index contributed by atoms with van der Waals surface area (Å²) in [4.78, 5) is 36.4. The lowest BCUT2D eigenvalue weighted by molar-refractivity contribution is -0.151. The third-order valence-electron chi connectivity index (χ3n) is 3.87. The fourth-order valence-corrected chi connectivity index (χ4v) is 2.72. The molecule has 0 aliphatic carbocycles. The van der Waals surface area contributed by atoms with Gasteiger partial charge in [0.1, 0.15) is 6.04 Å². The van der Waals surface area contributed by atoms with Crippen LogP contribution in [-0.4, -0.2) is 47.0 Å². The van der Waals surface area contributed by atoms with Crippen LogP contribution in [0.5, 0.6) is 0 Å². The molecule has 1 fully saturated rings. The van der Waals surface area contributed by atoms with Gasteiger partial charge < -0.3 is 20.6 Å². The number of carbonyl (C=O) groups excluding carboxylic acids is 2. The zero-order chi connectivity index (χ0) is 17.5. The first-order valence-electron chi connectivity index (χ1n) is 7.76. The molecule has 2 rings (SSSR count). The fourth-order valence-electron chi connectivity index (χ4n) is 2.59. The van der Waals surface area contributed by atoms with Gasteiger partial charge in [0.15, 0.2) is 0 Å². The monoisotopic (exact) mass is 353 g/mol. The normalized spacial score (nSPS) is 17.2. The van der Waals surface area contributed by atoms with Crippen LogP contribution in [0.4, 0.5) is 4.79 Å². The number of rotatable bonds is 5. The van der Waals surface area contributed by atoms with E-state index in [4.69, 9.17) is 16.7 Å². The molecule has 3 N–H and O–H groups in total. The fraction of sp³-hybridized carbons (Fsp3) is 0.438. The van der Waals surface area contributed by atoms with E-state index in [1.807, 2.05) is 0 Å². The second-order valence-corrected chi connectivity index (χ2v) is 6.04. The van der Waals surface area contributed by atoms with Gasteiger partial charge in [-0.05, 0) is 37.0 Å². The lowest BCUT2D eigenvalue weighted by atomic mass is 10.0. The maximum Gasteiger partial charge on any atom is 0.326 e.